The lowest BCUT2D eigenvalue weighted by atomic mass is 10.1. The molecule has 5 rings (SSSR count). The maximum atomic E-state index is 13.2. The quantitative estimate of drug-likeness (QED) is 0.518. The first-order chi connectivity index (χ1) is 16.4. The summed E-state index contributed by atoms with van der Waals surface area (Å²) in [6.07, 6.45) is 3.11. The van der Waals surface area contributed by atoms with Crippen LogP contribution in [0, 0.1) is 6.92 Å². The van der Waals surface area contributed by atoms with Crippen LogP contribution in [0.25, 0.3) is 15.9 Å². The fourth-order valence-electron chi connectivity index (χ4n) is 4.79. The second kappa shape index (κ2) is 9.43. The second-order valence-corrected chi connectivity index (χ2v) is 10.3. The fourth-order valence-corrected chi connectivity index (χ4v) is 6.06. The van der Waals surface area contributed by atoms with E-state index < -0.39 is 0 Å². The summed E-state index contributed by atoms with van der Waals surface area (Å²) in [7, 11) is 0. The van der Waals surface area contributed by atoms with Gasteiger partial charge in [-0.3, -0.25) is 14.2 Å². The Morgan fingerprint density at radius 2 is 1.82 bits per heavy atom. The van der Waals surface area contributed by atoms with Crippen LogP contribution in [0.2, 0.25) is 5.02 Å². The van der Waals surface area contributed by atoms with Crippen LogP contribution in [0.1, 0.15) is 23.3 Å². The zero-order valence-corrected chi connectivity index (χ0v) is 20.9. The van der Waals surface area contributed by atoms with Crippen molar-refractivity contribution in [1.82, 2.24) is 19.4 Å². The van der Waals surface area contributed by atoms with Gasteiger partial charge < -0.3 is 14.7 Å². The summed E-state index contributed by atoms with van der Waals surface area (Å²) in [5.41, 5.74) is 3.02. The molecule has 7 nitrogen and oxygen atoms in total. The minimum Gasteiger partial charge on any atom is -0.368 e. The van der Waals surface area contributed by atoms with Gasteiger partial charge in [-0.2, -0.15) is 0 Å². The zero-order chi connectivity index (χ0) is 23.8. The number of anilines is 1. The van der Waals surface area contributed by atoms with Crippen LogP contribution in [0.4, 0.5) is 5.69 Å². The molecule has 3 aromatic rings. The maximum absolute atomic E-state index is 13.2. The first-order valence-corrected chi connectivity index (χ1v) is 12.8. The Bertz CT molecular complexity index is 1290. The molecule has 178 valence electrons. The number of amides is 1. The predicted molar refractivity (Wildman–Crippen MR) is 139 cm³/mol. The molecule has 2 aromatic heterocycles. The molecule has 2 aliphatic rings. The monoisotopic (exact) mass is 497 g/mol. The number of hydrogen-bond acceptors (Lipinski definition) is 6. The number of rotatable bonds is 6. The highest BCUT2D eigenvalue weighted by atomic mass is 35.5. The van der Waals surface area contributed by atoms with Crippen molar-refractivity contribution in [3.63, 3.8) is 0 Å². The van der Waals surface area contributed by atoms with Gasteiger partial charge in [0, 0.05) is 68.6 Å². The number of nitrogens with zero attached hydrogens (tertiary/aromatic N) is 5. The summed E-state index contributed by atoms with van der Waals surface area (Å²) < 4.78 is 1.63. The zero-order valence-electron chi connectivity index (χ0n) is 19.3. The van der Waals surface area contributed by atoms with Crippen LogP contribution in [0.5, 0.6) is 0 Å². The Morgan fingerprint density at radius 3 is 2.50 bits per heavy atom. The highest BCUT2D eigenvalue weighted by Crippen LogP contribution is 2.34. The van der Waals surface area contributed by atoms with Crippen LogP contribution in [0.3, 0.4) is 0 Å². The van der Waals surface area contributed by atoms with E-state index in [0.717, 1.165) is 65.1 Å². The van der Waals surface area contributed by atoms with E-state index in [9.17, 15) is 9.59 Å². The molecule has 1 aromatic carbocycles. The summed E-state index contributed by atoms with van der Waals surface area (Å²) in [6.45, 7) is 11.7. The van der Waals surface area contributed by atoms with Gasteiger partial charge in [-0.05, 0) is 43.2 Å². The molecule has 2 fully saturated rings. The molecule has 0 aliphatic carbocycles. The van der Waals surface area contributed by atoms with Crippen LogP contribution in [0.15, 0.2) is 42.0 Å². The standard InChI is InChI=1S/C25H28ClN5O2S/c1-17-22-24(27-16-31(25(22)33)15-14-30-9-3-4-21(30)32)34-23(17)18(2)28-10-12-29(13-11-28)20-7-5-19(26)6-8-20/h5-8,16H,2-4,9-15H2,1H3. The van der Waals surface area contributed by atoms with Crippen molar-refractivity contribution in [2.24, 2.45) is 0 Å². The summed E-state index contributed by atoms with van der Waals surface area (Å²) >= 11 is 7.56. The van der Waals surface area contributed by atoms with Crippen LogP contribution >= 0.6 is 22.9 Å². The van der Waals surface area contributed by atoms with E-state index in [1.54, 1.807) is 10.9 Å². The third kappa shape index (κ3) is 4.32. The van der Waals surface area contributed by atoms with Crippen molar-refractivity contribution < 1.29 is 4.79 Å². The number of carbonyl (C=O) groups excluding carboxylic acids is 1. The van der Waals surface area contributed by atoms with Gasteiger partial charge in [-0.1, -0.05) is 18.2 Å². The second-order valence-electron chi connectivity index (χ2n) is 8.86. The number of fused-ring (bicyclic) bond motifs is 1. The Kier molecular flexibility index (Phi) is 6.36. The molecule has 0 unspecified atom stereocenters. The van der Waals surface area contributed by atoms with Gasteiger partial charge in [0.2, 0.25) is 5.91 Å². The molecule has 0 bridgehead atoms. The Labute approximate surface area is 207 Å². The van der Waals surface area contributed by atoms with Crippen molar-refractivity contribution in [3.8, 4) is 0 Å². The summed E-state index contributed by atoms with van der Waals surface area (Å²) in [5, 5.41) is 1.41. The predicted octanol–water partition coefficient (Wildman–Crippen LogP) is 3.84. The topological polar surface area (TPSA) is 61.7 Å². The largest absolute Gasteiger partial charge is 0.368 e. The van der Waals surface area contributed by atoms with Gasteiger partial charge in [-0.15, -0.1) is 11.3 Å². The molecule has 0 spiro atoms. The molecule has 2 aliphatic heterocycles. The molecule has 0 saturated carbocycles. The first kappa shape index (κ1) is 22.9. The molecule has 9 heteroatoms. The van der Waals surface area contributed by atoms with Crippen molar-refractivity contribution in [2.45, 2.75) is 26.3 Å². The van der Waals surface area contributed by atoms with Gasteiger partial charge in [0.25, 0.3) is 5.56 Å². The minimum atomic E-state index is -0.0444. The van der Waals surface area contributed by atoms with E-state index >= 15 is 0 Å². The van der Waals surface area contributed by atoms with Gasteiger partial charge >= 0.3 is 0 Å². The molecule has 4 heterocycles. The van der Waals surface area contributed by atoms with Crippen molar-refractivity contribution >= 4 is 50.4 Å². The van der Waals surface area contributed by atoms with Crippen LogP contribution < -0.4 is 10.5 Å². The normalized spacial score (nSPS) is 16.6. The lowest BCUT2D eigenvalue weighted by Gasteiger charge is -2.38. The molecule has 34 heavy (non-hydrogen) atoms. The van der Waals surface area contributed by atoms with Crippen molar-refractivity contribution in [3.05, 3.63) is 63.0 Å². The number of benzene rings is 1. The van der Waals surface area contributed by atoms with Gasteiger partial charge in [-0.25, -0.2) is 4.98 Å². The maximum Gasteiger partial charge on any atom is 0.262 e. The highest BCUT2D eigenvalue weighted by Gasteiger charge is 2.24. The molecular formula is C25H28ClN5O2S. The van der Waals surface area contributed by atoms with Crippen molar-refractivity contribution in [1.29, 1.82) is 0 Å². The Balaban J connectivity index is 1.30. The number of thiophene rings is 1. The lowest BCUT2D eigenvalue weighted by molar-refractivity contribution is -0.127. The molecule has 1 amide bonds. The number of hydrogen-bond donors (Lipinski definition) is 0. The number of aromatic nitrogens is 2. The van der Waals surface area contributed by atoms with Crippen LogP contribution in [-0.2, 0) is 11.3 Å². The van der Waals surface area contributed by atoms with Gasteiger partial charge in [0.15, 0.2) is 0 Å². The van der Waals surface area contributed by atoms with Crippen LogP contribution in [-0.4, -0.2) is 64.5 Å². The van der Waals surface area contributed by atoms with Gasteiger partial charge in [0.05, 0.1) is 16.6 Å². The first-order valence-electron chi connectivity index (χ1n) is 11.6. The smallest absolute Gasteiger partial charge is 0.262 e. The average Bonchev–Trinajstić information content (AvgIpc) is 3.41. The SMILES string of the molecule is C=C(c1sc2ncn(CCN3CCCC3=O)c(=O)c2c1C)N1CCN(c2ccc(Cl)cc2)CC1. The summed E-state index contributed by atoms with van der Waals surface area (Å²) in [6, 6.07) is 7.95. The highest BCUT2D eigenvalue weighted by molar-refractivity contribution is 7.19. The van der Waals surface area contributed by atoms with E-state index in [1.807, 2.05) is 24.0 Å². The fraction of sp³-hybridized carbons (Fsp3) is 0.400. The molecule has 0 atom stereocenters. The Hall–Kier alpha value is -2.84. The third-order valence-corrected chi connectivity index (χ3v) is 8.32. The average molecular weight is 498 g/mol. The number of likely N-dealkylation sites (tertiary alicyclic amines) is 1. The summed E-state index contributed by atoms with van der Waals surface area (Å²) in [4.78, 5) is 37.9. The number of piperazine rings is 1. The number of carbonyl (C=O) groups is 1. The summed E-state index contributed by atoms with van der Waals surface area (Å²) in [5.74, 6) is 0.170. The van der Waals surface area contributed by atoms with E-state index in [-0.39, 0.29) is 11.5 Å². The molecule has 0 radical (unpaired) electrons. The number of halogens is 1. The number of aryl methyl sites for hydroxylation is 1. The third-order valence-electron chi connectivity index (χ3n) is 6.81. The molecule has 0 N–H and O–H groups in total. The van der Waals surface area contributed by atoms with Gasteiger partial charge in [0.1, 0.15) is 4.83 Å². The molecular weight excluding hydrogens is 470 g/mol. The van der Waals surface area contributed by atoms with E-state index in [0.29, 0.717) is 24.9 Å². The lowest BCUT2D eigenvalue weighted by Crippen LogP contribution is -2.45. The minimum absolute atomic E-state index is 0.0444. The Morgan fingerprint density at radius 1 is 1.09 bits per heavy atom. The van der Waals surface area contributed by atoms with E-state index in [4.69, 9.17) is 11.6 Å². The van der Waals surface area contributed by atoms with E-state index in [2.05, 4.69) is 33.5 Å². The van der Waals surface area contributed by atoms with E-state index in [1.165, 1.54) is 17.0 Å². The molecule has 2 saturated heterocycles. The van der Waals surface area contributed by atoms with Crippen molar-refractivity contribution in [2.75, 3.05) is 44.2 Å².